The van der Waals surface area contributed by atoms with E-state index in [4.69, 9.17) is 0 Å². The Labute approximate surface area is 146 Å². The molecule has 24 heavy (non-hydrogen) atoms. The molecule has 2 heterocycles. The van der Waals surface area contributed by atoms with Gasteiger partial charge in [-0.1, -0.05) is 20.8 Å². The van der Waals surface area contributed by atoms with Crippen LogP contribution in [0.25, 0.3) is 10.2 Å². The molecule has 0 fully saturated rings. The second-order valence-corrected chi connectivity index (χ2v) is 7.75. The summed E-state index contributed by atoms with van der Waals surface area (Å²) in [7, 11) is 0. The van der Waals surface area contributed by atoms with Crippen LogP contribution >= 0.6 is 11.3 Å². The van der Waals surface area contributed by atoms with E-state index < -0.39 is 0 Å². The van der Waals surface area contributed by atoms with Gasteiger partial charge >= 0.3 is 0 Å². The predicted molar refractivity (Wildman–Crippen MR) is 96.6 cm³/mol. The van der Waals surface area contributed by atoms with E-state index in [9.17, 15) is 9.59 Å². The number of thiophene rings is 1. The Morgan fingerprint density at radius 3 is 2.38 bits per heavy atom. The molecule has 130 valence electrons. The molecule has 6 nitrogen and oxygen atoms in total. The third kappa shape index (κ3) is 3.72. The van der Waals surface area contributed by atoms with Gasteiger partial charge in [0.25, 0.3) is 5.91 Å². The normalized spacial score (nSPS) is 11.6. The Bertz CT molecular complexity index is 790. The second-order valence-electron chi connectivity index (χ2n) is 6.76. The van der Waals surface area contributed by atoms with Crippen molar-refractivity contribution < 1.29 is 9.59 Å². The average molecular weight is 348 g/mol. The summed E-state index contributed by atoms with van der Waals surface area (Å²) >= 11 is 1.35. The van der Waals surface area contributed by atoms with Crippen LogP contribution in [-0.4, -0.2) is 34.9 Å². The Morgan fingerprint density at radius 1 is 1.12 bits per heavy atom. The Balaban J connectivity index is 2.35. The molecule has 0 radical (unpaired) electrons. The van der Waals surface area contributed by atoms with Crippen LogP contribution in [0.15, 0.2) is 0 Å². The van der Waals surface area contributed by atoms with E-state index in [2.05, 4.69) is 41.4 Å². The zero-order valence-electron chi connectivity index (χ0n) is 15.0. The van der Waals surface area contributed by atoms with Gasteiger partial charge in [0.05, 0.1) is 17.1 Å². The first-order chi connectivity index (χ1) is 11.1. The number of hydrogen-bond acceptors (Lipinski definition) is 5. The van der Waals surface area contributed by atoms with Gasteiger partial charge in [0.2, 0.25) is 5.91 Å². The van der Waals surface area contributed by atoms with Gasteiger partial charge < -0.3 is 10.6 Å². The fourth-order valence-corrected chi connectivity index (χ4v) is 3.54. The number of carbonyl (C=O) groups excluding carboxylic acids is 2. The molecule has 0 aliphatic heterocycles. The maximum absolute atomic E-state index is 12.4. The van der Waals surface area contributed by atoms with Gasteiger partial charge in [-0.25, -0.2) is 9.97 Å². The van der Waals surface area contributed by atoms with Crippen molar-refractivity contribution in [3.05, 3.63) is 22.0 Å². The van der Waals surface area contributed by atoms with Crippen LogP contribution in [0.2, 0.25) is 0 Å². The summed E-state index contributed by atoms with van der Waals surface area (Å²) in [5.74, 6) is 0.317. The van der Waals surface area contributed by atoms with Crippen LogP contribution in [0, 0.1) is 13.8 Å². The van der Waals surface area contributed by atoms with Crippen molar-refractivity contribution in [1.82, 2.24) is 20.6 Å². The van der Waals surface area contributed by atoms with Gasteiger partial charge in [-0.3, -0.25) is 9.59 Å². The summed E-state index contributed by atoms with van der Waals surface area (Å²) in [4.78, 5) is 34.6. The largest absolute Gasteiger partial charge is 0.355 e. The number of rotatable bonds is 4. The summed E-state index contributed by atoms with van der Waals surface area (Å²) in [5.41, 5.74) is 1.58. The van der Waals surface area contributed by atoms with Crippen molar-refractivity contribution in [2.24, 2.45) is 0 Å². The number of likely N-dealkylation sites (N-methyl/N-ethyl adjacent to an activating group) is 1. The molecule has 0 bridgehead atoms. The van der Waals surface area contributed by atoms with Gasteiger partial charge in [0.1, 0.15) is 10.7 Å². The van der Waals surface area contributed by atoms with E-state index >= 15 is 0 Å². The molecule has 0 aliphatic rings. The van der Waals surface area contributed by atoms with Crippen LogP contribution < -0.4 is 10.6 Å². The minimum absolute atomic E-state index is 0.0295. The number of fused-ring (bicyclic) bond motifs is 1. The van der Waals surface area contributed by atoms with E-state index in [0.29, 0.717) is 11.4 Å². The number of nitrogens with zero attached hydrogens (tertiary/aromatic N) is 2. The lowest BCUT2D eigenvalue weighted by Crippen LogP contribution is -2.36. The van der Waals surface area contributed by atoms with Gasteiger partial charge in [-0.05, 0) is 26.3 Å². The summed E-state index contributed by atoms with van der Waals surface area (Å²) in [6, 6.07) is 0. The molecule has 0 saturated carbocycles. The molecule has 2 aromatic rings. The molecule has 2 amide bonds. The highest BCUT2D eigenvalue weighted by Gasteiger charge is 2.23. The lowest BCUT2D eigenvalue weighted by Gasteiger charge is -2.16. The summed E-state index contributed by atoms with van der Waals surface area (Å²) in [6.45, 7) is 12.4. The highest BCUT2D eigenvalue weighted by atomic mass is 32.1. The van der Waals surface area contributed by atoms with Crippen molar-refractivity contribution >= 4 is 33.4 Å². The topological polar surface area (TPSA) is 84.0 Å². The first-order valence-electron chi connectivity index (χ1n) is 7.98. The molecule has 0 spiro atoms. The maximum atomic E-state index is 12.4. The fraction of sp³-hybridized carbons (Fsp3) is 0.529. The number of hydrogen-bond donors (Lipinski definition) is 2. The summed E-state index contributed by atoms with van der Waals surface area (Å²) in [5, 5.41) is 6.24. The lowest BCUT2D eigenvalue weighted by molar-refractivity contribution is -0.120. The van der Waals surface area contributed by atoms with E-state index in [1.54, 1.807) is 0 Å². The van der Waals surface area contributed by atoms with E-state index in [1.165, 1.54) is 11.3 Å². The Morgan fingerprint density at radius 2 is 1.79 bits per heavy atom. The summed E-state index contributed by atoms with van der Waals surface area (Å²) < 4.78 is 0. The van der Waals surface area contributed by atoms with Crippen LogP contribution in [0.4, 0.5) is 0 Å². The highest BCUT2D eigenvalue weighted by Crippen LogP contribution is 2.33. The fourth-order valence-electron chi connectivity index (χ4n) is 2.39. The van der Waals surface area contributed by atoms with E-state index in [-0.39, 0.29) is 23.8 Å². The van der Waals surface area contributed by atoms with E-state index in [0.717, 1.165) is 27.3 Å². The number of nitrogens with one attached hydrogen (secondary N) is 2. The Hall–Kier alpha value is -2.02. The second kappa shape index (κ2) is 6.84. The average Bonchev–Trinajstić information content (AvgIpc) is 2.82. The first-order valence-corrected chi connectivity index (χ1v) is 8.80. The molecule has 2 rings (SSSR count). The van der Waals surface area contributed by atoms with Crippen LogP contribution in [0.1, 0.15) is 54.4 Å². The molecule has 0 saturated heterocycles. The third-order valence-corrected chi connectivity index (χ3v) is 4.82. The van der Waals surface area contributed by atoms with Crippen molar-refractivity contribution in [2.75, 3.05) is 13.1 Å². The van der Waals surface area contributed by atoms with Gasteiger partial charge in [-0.2, -0.15) is 0 Å². The van der Waals surface area contributed by atoms with Crippen molar-refractivity contribution in [3.8, 4) is 0 Å². The molecule has 0 unspecified atom stereocenters. The quantitative estimate of drug-likeness (QED) is 0.889. The number of aryl methyl sites for hydroxylation is 2. The van der Waals surface area contributed by atoms with Gasteiger partial charge in [0.15, 0.2) is 0 Å². The maximum Gasteiger partial charge on any atom is 0.262 e. The molecule has 0 aliphatic carbocycles. The number of aromatic nitrogens is 2. The van der Waals surface area contributed by atoms with Crippen LogP contribution in [-0.2, 0) is 10.2 Å². The zero-order valence-corrected chi connectivity index (χ0v) is 15.8. The standard InChI is InChI=1S/C17H24N4O2S/c1-7-18-11(22)8-19-14(23)13-9(2)12-10(3)20-16(17(4,5)6)21-15(12)24-13/h7-8H2,1-6H3,(H,18,22)(H,19,23). The highest BCUT2D eigenvalue weighted by molar-refractivity contribution is 7.20. The van der Waals surface area contributed by atoms with E-state index in [1.807, 2.05) is 20.8 Å². The van der Waals surface area contributed by atoms with Crippen molar-refractivity contribution in [2.45, 2.75) is 47.0 Å². The molecular formula is C17H24N4O2S. The third-order valence-electron chi connectivity index (χ3n) is 3.63. The van der Waals surface area contributed by atoms with Gasteiger partial charge in [0, 0.05) is 17.3 Å². The molecule has 7 heteroatoms. The molecule has 2 N–H and O–H groups in total. The van der Waals surface area contributed by atoms with Crippen LogP contribution in [0.5, 0.6) is 0 Å². The Kier molecular flexibility index (Phi) is 5.22. The van der Waals surface area contributed by atoms with Crippen molar-refractivity contribution in [3.63, 3.8) is 0 Å². The zero-order chi connectivity index (χ0) is 18.1. The van der Waals surface area contributed by atoms with Crippen molar-refractivity contribution in [1.29, 1.82) is 0 Å². The van der Waals surface area contributed by atoms with Crippen LogP contribution in [0.3, 0.4) is 0 Å². The smallest absolute Gasteiger partial charge is 0.262 e. The molecule has 0 aromatic carbocycles. The number of amides is 2. The molecule has 0 atom stereocenters. The predicted octanol–water partition coefficient (Wildman–Crippen LogP) is 2.47. The monoisotopic (exact) mass is 348 g/mol. The number of carbonyl (C=O) groups is 2. The minimum Gasteiger partial charge on any atom is -0.355 e. The summed E-state index contributed by atoms with van der Waals surface area (Å²) in [6.07, 6.45) is 0. The molecular weight excluding hydrogens is 324 g/mol. The SMILES string of the molecule is CCNC(=O)CNC(=O)c1sc2nc(C(C)(C)C)nc(C)c2c1C. The van der Waals surface area contributed by atoms with Gasteiger partial charge in [-0.15, -0.1) is 11.3 Å². The first kappa shape index (κ1) is 18.3. The lowest BCUT2D eigenvalue weighted by atomic mass is 9.95. The minimum atomic E-state index is -0.251. The molecule has 2 aromatic heterocycles.